The molecule has 1 fully saturated rings. The number of amides is 4. The fourth-order valence-electron chi connectivity index (χ4n) is 2.36. The zero-order valence-corrected chi connectivity index (χ0v) is 12.9. The Hall–Kier alpha value is -1.52. The SMILES string of the molecule is CCCC(C)C1(CC)C(=O)NC(=O)NC1=O.O=S(=O)(O)O. The van der Waals surface area contributed by atoms with E-state index in [1.807, 2.05) is 13.8 Å². The third-order valence-electron chi connectivity index (χ3n) is 3.39. The molecule has 0 aromatic carbocycles. The first-order chi connectivity index (χ1) is 9.48. The average Bonchev–Trinajstić information content (AvgIpc) is 2.26. The molecular weight excluding hydrogens is 304 g/mol. The maximum absolute atomic E-state index is 11.9. The lowest BCUT2D eigenvalue weighted by Crippen LogP contribution is -2.64. The molecule has 0 spiro atoms. The highest BCUT2D eigenvalue weighted by molar-refractivity contribution is 7.79. The Morgan fingerprint density at radius 1 is 1.10 bits per heavy atom. The van der Waals surface area contributed by atoms with Crippen LogP contribution in [0.5, 0.6) is 0 Å². The van der Waals surface area contributed by atoms with Gasteiger partial charge in [-0.25, -0.2) is 4.79 Å². The molecule has 0 aromatic heterocycles. The Morgan fingerprint density at radius 3 is 1.76 bits per heavy atom. The molecule has 1 aliphatic heterocycles. The number of hydrogen-bond acceptors (Lipinski definition) is 5. The van der Waals surface area contributed by atoms with Crippen LogP contribution in [0.3, 0.4) is 0 Å². The number of hydrogen-bond donors (Lipinski definition) is 4. The van der Waals surface area contributed by atoms with Crippen LogP contribution in [0.4, 0.5) is 4.79 Å². The lowest BCUT2D eigenvalue weighted by Gasteiger charge is -2.37. The van der Waals surface area contributed by atoms with Crippen molar-refractivity contribution >= 4 is 28.2 Å². The van der Waals surface area contributed by atoms with Crippen molar-refractivity contribution in [2.24, 2.45) is 11.3 Å². The van der Waals surface area contributed by atoms with Crippen LogP contribution in [0, 0.1) is 11.3 Å². The Kier molecular flexibility index (Phi) is 6.94. The second kappa shape index (κ2) is 7.48. The third kappa shape index (κ3) is 5.40. The molecule has 0 radical (unpaired) electrons. The van der Waals surface area contributed by atoms with Gasteiger partial charge in [-0.1, -0.05) is 27.2 Å². The molecule has 21 heavy (non-hydrogen) atoms. The van der Waals surface area contributed by atoms with Crippen molar-refractivity contribution < 1.29 is 31.9 Å². The van der Waals surface area contributed by atoms with E-state index in [0.717, 1.165) is 12.8 Å². The molecule has 0 aliphatic carbocycles. The van der Waals surface area contributed by atoms with Crippen molar-refractivity contribution in [3.63, 3.8) is 0 Å². The monoisotopic (exact) mass is 324 g/mol. The van der Waals surface area contributed by atoms with Crippen molar-refractivity contribution in [2.75, 3.05) is 0 Å². The van der Waals surface area contributed by atoms with Crippen molar-refractivity contribution in [3.05, 3.63) is 0 Å². The topological polar surface area (TPSA) is 150 Å². The van der Waals surface area contributed by atoms with Gasteiger partial charge in [-0.05, 0) is 18.8 Å². The minimum atomic E-state index is -4.67. The molecule has 1 unspecified atom stereocenters. The smallest absolute Gasteiger partial charge is 0.277 e. The molecule has 9 nitrogen and oxygen atoms in total. The summed E-state index contributed by atoms with van der Waals surface area (Å²) in [7, 11) is -4.67. The Morgan fingerprint density at radius 2 is 1.48 bits per heavy atom. The summed E-state index contributed by atoms with van der Waals surface area (Å²) in [4.78, 5) is 34.8. The summed E-state index contributed by atoms with van der Waals surface area (Å²) in [5.74, 6) is -1.01. The molecule has 1 atom stereocenters. The zero-order valence-electron chi connectivity index (χ0n) is 12.0. The maximum atomic E-state index is 11.9. The number of urea groups is 1. The Bertz CT molecular complexity index is 487. The molecular formula is C11H20N2O7S. The van der Waals surface area contributed by atoms with Crippen LogP contribution < -0.4 is 10.6 Å². The quantitative estimate of drug-likeness (QED) is 0.435. The van der Waals surface area contributed by atoms with Gasteiger partial charge in [0.05, 0.1) is 0 Å². The second-order valence-corrected chi connectivity index (χ2v) is 5.60. The molecule has 0 bridgehead atoms. The largest absolute Gasteiger partial charge is 0.394 e. The van der Waals surface area contributed by atoms with E-state index in [1.165, 1.54) is 0 Å². The molecule has 1 saturated heterocycles. The summed E-state index contributed by atoms with van der Waals surface area (Å²) in [6.45, 7) is 5.67. The Labute approximate surface area is 123 Å². The predicted molar refractivity (Wildman–Crippen MR) is 72.7 cm³/mol. The molecule has 122 valence electrons. The van der Waals surface area contributed by atoms with E-state index in [0.29, 0.717) is 6.42 Å². The first-order valence-electron chi connectivity index (χ1n) is 6.35. The van der Waals surface area contributed by atoms with E-state index in [2.05, 4.69) is 10.6 Å². The van der Waals surface area contributed by atoms with Gasteiger partial charge in [0.15, 0.2) is 0 Å². The van der Waals surface area contributed by atoms with E-state index in [1.54, 1.807) is 6.92 Å². The fraction of sp³-hybridized carbons (Fsp3) is 0.727. The minimum Gasteiger partial charge on any atom is -0.277 e. The van der Waals surface area contributed by atoms with Gasteiger partial charge in [0.2, 0.25) is 11.8 Å². The van der Waals surface area contributed by atoms with Crippen molar-refractivity contribution in [1.29, 1.82) is 0 Å². The van der Waals surface area contributed by atoms with Crippen molar-refractivity contribution in [3.8, 4) is 0 Å². The van der Waals surface area contributed by atoms with Crippen LogP contribution in [0.15, 0.2) is 0 Å². The van der Waals surface area contributed by atoms with Gasteiger partial charge in [-0.3, -0.25) is 29.3 Å². The number of carbonyl (C=O) groups is 3. The molecule has 0 aromatic rings. The van der Waals surface area contributed by atoms with Crippen molar-refractivity contribution in [1.82, 2.24) is 10.6 Å². The van der Waals surface area contributed by atoms with E-state index < -0.39 is 33.7 Å². The number of nitrogens with one attached hydrogen (secondary N) is 2. The zero-order chi connectivity index (χ0) is 16.8. The molecule has 1 heterocycles. The normalized spacial score (nSPS) is 19.0. The summed E-state index contributed by atoms with van der Waals surface area (Å²) >= 11 is 0. The lowest BCUT2D eigenvalue weighted by molar-refractivity contribution is -0.148. The lowest BCUT2D eigenvalue weighted by atomic mass is 9.70. The highest BCUT2D eigenvalue weighted by atomic mass is 32.3. The first kappa shape index (κ1) is 19.5. The minimum absolute atomic E-state index is 0.0735. The fourth-order valence-corrected chi connectivity index (χ4v) is 2.36. The molecule has 1 aliphatic rings. The highest BCUT2D eigenvalue weighted by Crippen LogP contribution is 2.36. The van der Waals surface area contributed by atoms with Crippen LogP contribution in [0.1, 0.15) is 40.0 Å². The van der Waals surface area contributed by atoms with Gasteiger partial charge < -0.3 is 0 Å². The summed E-state index contributed by atoms with van der Waals surface area (Å²) in [6, 6.07) is -0.720. The summed E-state index contributed by atoms with van der Waals surface area (Å²) in [6.07, 6.45) is 2.08. The summed E-state index contributed by atoms with van der Waals surface area (Å²) in [5.41, 5.74) is -1.09. The van der Waals surface area contributed by atoms with Gasteiger partial charge in [0, 0.05) is 0 Å². The second-order valence-electron chi connectivity index (χ2n) is 4.70. The standard InChI is InChI=1S/C11H18N2O3.H2O4S/c1-4-6-7(3)11(5-2)8(14)12-10(16)13-9(11)15;1-5(2,3)4/h7H,4-6H2,1-3H3,(H2,12,13,14,15,16);(H2,1,2,3,4). The molecule has 10 heteroatoms. The number of carbonyl (C=O) groups excluding carboxylic acids is 3. The number of rotatable bonds is 4. The van der Waals surface area contributed by atoms with E-state index in [9.17, 15) is 14.4 Å². The van der Waals surface area contributed by atoms with Gasteiger partial charge in [-0.15, -0.1) is 0 Å². The van der Waals surface area contributed by atoms with E-state index in [4.69, 9.17) is 17.5 Å². The number of imide groups is 2. The van der Waals surface area contributed by atoms with Gasteiger partial charge in [0.1, 0.15) is 5.41 Å². The molecule has 4 amide bonds. The van der Waals surface area contributed by atoms with Crippen molar-refractivity contribution in [2.45, 2.75) is 40.0 Å². The van der Waals surface area contributed by atoms with E-state index >= 15 is 0 Å². The predicted octanol–water partition coefficient (Wildman–Crippen LogP) is 0.532. The molecule has 1 rings (SSSR count). The van der Waals surface area contributed by atoms with Crippen LogP contribution in [-0.2, 0) is 20.0 Å². The van der Waals surface area contributed by atoms with Crippen LogP contribution >= 0.6 is 0 Å². The van der Waals surface area contributed by atoms with Crippen LogP contribution in [-0.4, -0.2) is 35.4 Å². The van der Waals surface area contributed by atoms with Crippen LogP contribution in [0.25, 0.3) is 0 Å². The third-order valence-corrected chi connectivity index (χ3v) is 3.39. The first-order valence-corrected chi connectivity index (χ1v) is 7.75. The number of barbiturate groups is 1. The highest BCUT2D eigenvalue weighted by Gasteiger charge is 2.52. The summed E-state index contributed by atoms with van der Waals surface area (Å²) in [5, 5.41) is 4.36. The van der Waals surface area contributed by atoms with Crippen LogP contribution in [0.2, 0.25) is 0 Å². The average molecular weight is 324 g/mol. The molecule has 0 saturated carbocycles. The van der Waals surface area contributed by atoms with Gasteiger partial charge in [-0.2, -0.15) is 8.42 Å². The summed E-state index contributed by atoms with van der Waals surface area (Å²) < 4.78 is 31.6. The molecule has 4 N–H and O–H groups in total. The van der Waals surface area contributed by atoms with Gasteiger partial charge >= 0.3 is 16.4 Å². The maximum Gasteiger partial charge on any atom is 0.394 e. The van der Waals surface area contributed by atoms with E-state index in [-0.39, 0.29) is 5.92 Å². The van der Waals surface area contributed by atoms with Gasteiger partial charge in [0.25, 0.3) is 0 Å². The Balaban J connectivity index is 0.000000690.